The number of benzene rings is 2. The second kappa shape index (κ2) is 11.2. The van der Waals surface area contributed by atoms with E-state index in [1.807, 2.05) is 55.9 Å². The molecule has 1 aliphatic rings. The largest absolute Gasteiger partial charge is 0.333 e. The van der Waals surface area contributed by atoms with Crippen LogP contribution < -0.4 is 10.6 Å². The molecule has 5 aromatic rings. The number of thiazole rings is 1. The molecule has 1 fully saturated rings. The van der Waals surface area contributed by atoms with E-state index in [0.717, 1.165) is 28.6 Å². The summed E-state index contributed by atoms with van der Waals surface area (Å²) in [6.45, 7) is 3.57. The topological polar surface area (TPSA) is 92.9 Å². The average Bonchev–Trinajstić information content (AvgIpc) is 3.76. The lowest BCUT2D eigenvalue weighted by molar-refractivity contribution is 0.246. The third-order valence-electron chi connectivity index (χ3n) is 7.29. The van der Waals surface area contributed by atoms with Crippen LogP contribution in [0.5, 0.6) is 0 Å². The maximum Gasteiger partial charge on any atom is 0.320 e. The number of hydrogen-bond donors (Lipinski definition) is 2. The van der Waals surface area contributed by atoms with Gasteiger partial charge in [0.15, 0.2) is 11.6 Å². The van der Waals surface area contributed by atoms with Crippen LogP contribution in [0.25, 0.3) is 16.9 Å². The Hall–Kier alpha value is -4.42. The van der Waals surface area contributed by atoms with Crippen LogP contribution in [0.1, 0.15) is 22.7 Å². The van der Waals surface area contributed by atoms with Gasteiger partial charge in [-0.05, 0) is 36.8 Å². The molecular formula is C29H28F2N8OS. The van der Waals surface area contributed by atoms with Crippen LogP contribution in [0, 0.1) is 18.6 Å². The van der Waals surface area contributed by atoms with Crippen molar-refractivity contribution in [3.8, 4) is 16.9 Å². The molecule has 210 valence electrons. The van der Waals surface area contributed by atoms with Crippen molar-refractivity contribution in [1.82, 2.24) is 34.8 Å². The summed E-state index contributed by atoms with van der Waals surface area (Å²) in [6, 6.07) is 12.7. The van der Waals surface area contributed by atoms with Gasteiger partial charge in [-0.2, -0.15) is 10.2 Å². The minimum absolute atomic E-state index is 0.249. The SMILES string of the molecule is Cc1c(-c2cnn(C)c2)nn(-c2ccccc2)c1NC(=O)N[C@@H]1CN(Cc2cscn2)C[C@H]1c1ccc(F)c(F)c1. The standard InChI is InChI=1S/C29H28F2N8OS/c1-18-27(20-11-33-37(2)12-20)36-39(22-6-4-3-5-7-22)28(18)35-29(40)34-26-15-38(13-21-16-41-17-32-21)14-23(26)19-8-9-24(30)25(31)10-19/h3-12,16-17,23,26H,13-15H2,1-2H3,(H2,34,35,40)/t23-,26+/m0/s1. The van der Waals surface area contributed by atoms with E-state index in [-0.39, 0.29) is 12.0 Å². The first-order valence-corrected chi connectivity index (χ1v) is 14.1. The highest BCUT2D eigenvalue weighted by Crippen LogP contribution is 2.32. The molecule has 41 heavy (non-hydrogen) atoms. The highest BCUT2D eigenvalue weighted by molar-refractivity contribution is 7.07. The maximum absolute atomic E-state index is 14.2. The molecule has 9 nitrogen and oxygen atoms in total. The molecule has 0 aliphatic carbocycles. The summed E-state index contributed by atoms with van der Waals surface area (Å²) in [6.07, 6.45) is 3.60. The van der Waals surface area contributed by atoms with Crippen LogP contribution in [-0.4, -0.2) is 54.6 Å². The Morgan fingerprint density at radius 1 is 1.12 bits per heavy atom. The van der Waals surface area contributed by atoms with Gasteiger partial charge in [-0.15, -0.1) is 11.3 Å². The van der Waals surface area contributed by atoms with Crippen molar-refractivity contribution in [2.75, 3.05) is 18.4 Å². The van der Waals surface area contributed by atoms with Gasteiger partial charge in [0.05, 0.1) is 29.1 Å². The normalized spacial score (nSPS) is 17.2. The summed E-state index contributed by atoms with van der Waals surface area (Å²) in [7, 11) is 1.84. The van der Waals surface area contributed by atoms with Crippen molar-refractivity contribution in [2.24, 2.45) is 7.05 Å². The number of aryl methyl sites for hydroxylation is 1. The third kappa shape index (κ3) is 5.61. The zero-order chi connectivity index (χ0) is 28.5. The van der Waals surface area contributed by atoms with Crippen molar-refractivity contribution in [2.45, 2.75) is 25.4 Å². The van der Waals surface area contributed by atoms with Gasteiger partial charge in [-0.25, -0.2) is 23.2 Å². The zero-order valence-electron chi connectivity index (χ0n) is 22.5. The van der Waals surface area contributed by atoms with Gasteiger partial charge in [-0.3, -0.25) is 14.9 Å². The number of nitrogens with one attached hydrogen (secondary N) is 2. The van der Waals surface area contributed by atoms with Gasteiger partial charge in [0.1, 0.15) is 11.5 Å². The molecule has 2 amide bonds. The van der Waals surface area contributed by atoms with E-state index < -0.39 is 17.7 Å². The van der Waals surface area contributed by atoms with Crippen molar-refractivity contribution >= 4 is 23.2 Å². The lowest BCUT2D eigenvalue weighted by atomic mass is 9.94. The molecule has 4 heterocycles. The zero-order valence-corrected chi connectivity index (χ0v) is 23.3. The van der Waals surface area contributed by atoms with Crippen LogP contribution in [0.4, 0.5) is 19.4 Å². The Labute approximate surface area is 239 Å². The number of carbonyl (C=O) groups excluding carboxylic acids is 1. The van der Waals surface area contributed by atoms with Gasteiger partial charge < -0.3 is 5.32 Å². The number of hydrogen-bond acceptors (Lipinski definition) is 6. The summed E-state index contributed by atoms with van der Waals surface area (Å²) in [5, 5.41) is 17.2. The summed E-state index contributed by atoms with van der Waals surface area (Å²) in [5.74, 6) is -1.54. The molecular weight excluding hydrogens is 546 g/mol. The second-order valence-electron chi connectivity index (χ2n) is 10.1. The molecule has 2 atom stereocenters. The van der Waals surface area contributed by atoms with Crippen molar-refractivity contribution < 1.29 is 13.6 Å². The number of anilines is 1. The van der Waals surface area contributed by atoms with Crippen LogP contribution in [0.3, 0.4) is 0 Å². The van der Waals surface area contributed by atoms with Crippen LogP contribution in [0.15, 0.2) is 71.8 Å². The number of likely N-dealkylation sites (tertiary alicyclic amines) is 1. The average molecular weight is 575 g/mol. The van der Waals surface area contributed by atoms with E-state index in [0.29, 0.717) is 36.7 Å². The number of aromatic nitrogens is 5. The molecule has 1 saturated heterocycles. The second-order valence-corrected chi connectivity index (χ2v) is 10.8. The Kier molecular flexibility index (Phi) is 7.33. The van der Waals surface area contributed by atoms with Crippen LogP contribution >= 0.6 is 11.3 Å². The molecule has 0 unspecified atom stereocenters. The van der Waals surface area contributed by atoms with Crippen molar-refractivity contribution in [3.63, 3.8) is 0 Å². The molecule has 1 aliphatic heterocycles. The minimum atomic E-state index is -0.908. The Balaban J connectivity index is 1.28. The highest BCUT2D eigenvalue weighted by Gasteiger charge is 2.36. The van der Waals surface area contributed by atoms with Gasteiger partial charge in [0.25, 0.3) is 0 Å². The molecule has 12 heteroatoms. The molecule has 0 saturated carbocycles. The summed E-state index contributed by atoms with van der Waals surface area (Å²) in [4.78, 5) is 20.1. The summed E-state index contributed by atoms with van der Waals surface area (Å²) < 4.78 is 31.3. The number of para-hydroxylation sites is 1. The predicted molar refractivity (Wildman–Crippen MR) is 153 cm³/mol. The van der Waals surface area contributed by atoms with Gasteiger partial charge >= 0.3 is 6.03 Å². The van der Waals surface area contributed by atoms with Crippen molar-refractivity contribution in [1.29, 1.82) is 0 Å². The number of carbonyl (C=O) groups is 1. The fraction of sp³-hybridized carbons (Fsp3) is 0.241. The number of halogens is 2. The molecule has 2 N–H and O–H groups in total. The van der Waals surface area contributed by atoms with E-state index in [4.69, 9.17) is 5.10 Å². The van der Waals surface area contributed by atoms with Crippen molar-refractivity contribution in [3.05, 3.63) is 100 Å². The number of nitrogens with zero attached hydrogens (tertiary/aromatic N) is 6. The molecule has 0 radical (unpaired) electrons. The smallest absolute Gasteiger partial charge is 0.320 e. The quantitative estimate of drug-likeness (QED) is 0.282. The van der Waals surface area contributed by atoms with Gasteiger partial charge in [0.2, 0.25) is 0 Å². The van der Waals surface area contributed by atoms with Gasteiger partial charge in [-0.1, -0.05) is 24.3 Å². The molecule has 2 aromatic carbocycles. The van der Waals surface area contributed by atoms with E-state index in [1.54, 1.807) is 27.1 Å². The van der Waals surface area contributed by atoms with Crippen LogP contribution in [0.2, 0.25) is 0 Å². The lowest BCUT2D eigenvalue weighted by Crippen LogP contribution is -2.42. The monoisotopic (exact) mass is 574 g/mol. The van der Waals surface area contributed by atoms with E-state index in [1.165, 1.54) is 17.4 Å². The summed E-state index contributed by atoms with van der Waals surface area (Å²) in [5.41, 5.74) is 6.43. The van der Waals surface area contributed by atoms with E-state index >= 15 is 0 Å². The Morgan fingerprint density at radius 3 is 2.66 bits per heavy atom. The van der Waals surface area contributed by atoms with E-state index in [2.05, 4.69) is 25.6 Å². The molecule has 0 spiro atoms. The third-order valence-corrected chi connectivity index (χ3v) is 7.92. The Bertz CT molecular complexity index is 1670. The highest BCUT2D eigenvalue weighted by atomic mass is 32.1. The summed E-state index contributed by atoms with van der Waals surface area (Å²) >= 11 is 1.52. The predicted octanol–water partition coefficient (Wildman–Crippen LogP) is 5.11. The fourth-order valence-electron chi connectivity index (χ4n) is 5.31. The van der Waals surface area contributed by atoms with E-state index in [9.17, 15) is 13.6 Å². The number of rotatable bonds is 7. The first-order chi connectivity index (χ1) is 19.9. The maximum atomic E-state index is 14.2. The molecule has 0 bridgehead atoms. The number of urea groups is 1. The lowest BCUT2D eigenvalue weighted by Gasteiger charge is -2.21. The molecule has 6 rings (SSSR count). The minimum Gasteiger partial charge on any atom is -0.333 e. The van der Waals surface area contributed by atoms with Gasteiger partial charge in [0, 0.05) is 55.3 Å². The first kappa shape index (κ1) is 26.8. The van der Waals surface area contributed by atoms with Crippen LogP contribution in [-0.2, 0) is 13.6 Å². The Morgan fingerprint density at radius 2 is 1.95 bits per heavy atom. The fourth-order valence-corrected chi connectivity index (χ4v) is 5.86. The number of amides is 2. The first-order valence-electron chi connectivity index (χ1n) is 13.1. The molecule has 3 aromatic heterocycles.